The number of H-pyrrole nitrogens is 1. The van der Waals surface area contributed by atoms with Crippen molar-refractivity contribution >= 4 is 16.8 Å². The van der Waals surface area contributed by atoms with Crippen LogP contribution in [0.4, 0.5) is 0 Å². The lowest BCUT2D eigenvalue weighted by atomic mass is 10.0. The maximum absolute atomic E-state index is 11.9. The van der Waals surface area contributed by atoms with Crippen molar-refractivity contribution in [1.29, 1.82) is 0 Å². The molecule has 0 spiro atoms. The molecule has 1 aliphatic heterocycles. The van der Waals surface area contributed by atoms with Crippen molar-refractivity contribution in [2.24, 2.45) is 5.73 Å². The zero-order chi connectivity index (χ0) is 14.1. The van der Waals surface area contributed by atoms with Crippen molar-refractivity contribution < 1.29 is 9.90 Å². The molecule has 1 fully saturated rings. The first-order valence-electron chi connectivity index (χ1n) is 6.90. The second kappa shape index (κ2) is 5.26. The number of aliphatic hydroxyl groups is 1. The lowest BCUT2D eigenvalue weighted by Gasteiger charge is -2.26. The van der Waals surface area contributed by atoms with Gasteiger partial charge >= 0.3 is 0 Å². The smallest absolute Gasteiger partial charge is 0.224 e. The minimum atomic E-state index is -0.199. The van der Waals surface area contributed by atoms with E-state index in [9.17, 15) is 9.90 Å². The van der Waals surface area contributed by atoms with Gasteiger partial charge in [-0.1, -0.05) is 18.2 Å². The van der Waals surface area contributed by atoms with Gasteiger partial charge in [0.25, 0.3) is 0 Å². The van der Waals surface area contributed by atoms with Crippen molar-refractivity contribution in [3.05, 3.63) is 36.0 Å². The van der Waals surface area contributed by atoms with Gasteiger partial charge in [-0.15, -0.1) is 0 Å². The van der Waals surface area contributed by atoms with E-state index in [1.54, 1.807) is 4.90 Å². The first-order valence-corrected chi connectivity index (χ1v) is 6.90. The summed E-state index contributed by atoms with van der Waals surface area (Å²) >= 11 is 0. The van der Waals surface area contributed by atoms with Crippen LogP contribution in [0.1, 0.15) is 12.0 Å². The number of nitrogens with two attached hydrogens (primary N) is 1. The van der Waals surface area contributed by atoms with Crippen LogP contribution in [0.25, 0.3) is 10.9 Å². The van der Waals surface area contributed by atoms with Crippen molar-refractivity contribution in [2.75, 3.05) is 13.2 Å². The monoisotopic (exact) mass is 273 g/mol. The van der Waals surface area contributed by atoms with E-state index in [-0.39, 0.29) is 24.6 Å². The molecule has 2 unspecified atom stereocenters. The number of nitrogens with one attached hydrogen (secondary N) is 1. The van der Waals surface area contributed by atoms with Gasteiger partial charge in [-0.05, 0) is 18.1 Å². The van der Waals surface area contributed by atoms with E-state index in [1.165, 1.54) is 0 Å². The van der Waals surface area contributed by atoms with Crippen LogP contribution in [0.2, 0.25) is 0 Å². The zero-order valence-corrected chi connectivity index (χ0v) is 11.2. The summed E-state index contributed by atoms with van der Waals surface area (Å²) in [6.07, 6.45) is 2.97. The number of aromatic amines is 1. The lowest BCUT2D eigenvalue weighted by molar-refractivity contribution is -0.130. The molecule has 1 aromatic heterocycles. The highest BCUT2D eigenvalue weighted by molar-refractivity contribution is 5.83. The Morgan fingerprint density at radius 1 is 1.45 bits per heavy atom. The average Bonchev–Trinajstić information content (AvgIpc) is 3.00. The van der Waals surface area contributed by atoms with E-state index in [2.05, 4.69) is 4.98 Å². The maximum Gasteiger partial charge on any atom is 0.224 e. The Morgan fingerprint density at radius 2 is 2.25 bits per heavy atom. The van der Waals surface area contributed by atoms with Gasteiger partial charge in [0, 0.05) is 36.1 Å². The number of rotatable bonds is 4. The molecule has 0 radical (unpaired) electrons. The number of carbonyl (C=O) groups excluding carboxylic acids is 1. The molecule has 1 aromatic carbocycles. The summed E-state index contributed by atoms with van der Waals surface area (Å²) in [7, 11) is 0. The molecule has 0 bridgehead atoms. The van der Waals surface area contributed by atoms with E-state index in [4.69, 9.17) is 5.73 Å². The van der Waals surface area contributed by atoms with Crippen molar-refractivity contribution in [3.63, 3.8) is 0 Å². The van der Waals surface area contributed by atoms with E-state index in [0.29, 0.717) is 19.4 Å². The average molecular weight is 273 g/mol. The van der Waals surface area contributed by atoms with Crippen molar-refractivity contribution in [3.8, 4) is 0 Å². The largest absolute Gasteiger partial charge is 0.394 e. The van der Waals surface area contributed by atoms with Crippen LogP contribution < -0.4 is 5.73 Å². The van der Waals surface area contributed by atoms with Gasteiger partial charge in [-0.3, -0.25) is 4.79 Å². The Morgan fingerprint density at radius 3 is 2.95 bits per heavy atom. The molecule has 2 heterocycles. The number of para-hydroxylation sites is 1. The third kappa shape index (κ3) is 2.30. The normalized spacial score (nSPS) is 20.8. The van der Waals surface area contributed by atoms with Gasteiger partial charge in [0.2, 0.25) is 5.91 Å². The number of benzene rings is 1. The minimum absolute atomic E-state index is 0.0383. The van der Waals surface area contributed by atoms with Crippen molar-refractivity contribution in [1.82, 2.24) is 9.88 Å². The number of aromatic nitrogens is 1. The second-order valence-corrected chi connectivity index (χ2v) is 5.41. The predicted octanol–water partition coefficient (Wildman–Crippen LogP) is 0.631. The summed E-state index contributed by atoms with van der Waals surface area (Å²) in [5.74, 6) is 0.0383. The van der Waals surface area contributed by atoms with Crippen LogP contribution in [0.3, 0.4) is 0 Å². The van der Waals surface area contributed by atoms with Crippen LogP contribution in [0, 0.1) is 0 Å². The molecule has 4 N–H and O–H groups in total. The van der Waals surface area contributed by atoms with Crippen LogP contribution in [-0.2, 0) is 11.2 Å². The summed E-state index contributed by atoms with van der Waals surface area (Å²) in [6.45, 7) is 0.490. The Kier molecular flexibility index (Phi) is 3.46. The first kappa shape index (κ1) is 13.1. The maximum atomic E-state index is 11.9. The summed E-state index contributed by atoms with van der Waals surface area (Å²) in [6, 6.07) is 7.73. The van der Waals surface area contributed by atoms with Gasteiger partial charge in [-0.2, -0.15) is 0 Å². The number of carbonyl (C=O) groups is 1. The number of aliphatic hydroxyl groups excluding tert-OH is 1. The highest BCUT2D eigenvalue weighted by Crippen LogP contribution is 2.22. The molecule has 5 heteroatoms. The fourth-order valence-electron chi connectivity index (χ4n) is 2.94. The van der Waals surface area contributed by atoms with Gasteiger partial charge in [0.15, 0.2) is 0 Å². The molecule has 3 rings (SSSR count). The summed E-state index contributed by atoms with van der Waals surface area (Å²) < 4.78 is 0. The highest BCUT2D eigenvalue weighted by Gasteiger charge is 2.32. The Balaban J connectivity index is 1.83. The molecule has 1 saturated heterocycles. The van der Waals surface area contributed by atoms with E-state index in [1.807, 2.05) is 30.5 Å². The second-order valence-electron chi connectivity index (χ2n) is 5.41. The molecule has 1 aliphatic rings. The molecule has 0 saturated carbocycles. The summed E-state index contributed by atoms with van der Waals surface area (Å²) in [5, 5.41) is 10.8. The molecular formula is C15H19N3O2. The van der Waals surface area contributed by atoms with Crippen LogP contribution in [0.5, 0.6) is 0 Å². The fraction of sp³-hybridized carbons (Fsp3) is 0.400. The summed E-state index contributed by atoms with van der Waals surface area (Å²) in [5.41, 5.74) is 8.01. The quantitative estimate of drug-likeness (QED) is 0.764. The number of hydrogen-bond acceptors (Lipinski definition) is 3. The fourth-order valence-corrected chi connectivity index (χ4v) is 2.94. The number of amides is 1. The molecular weight excluding hydrogens is 254 g/mol. The highest BCUT2D eigenvalue weighted by atomic mass is 16.3. The third-order valence-electron chi connectivity index (χ3n) is 3.97. The van der Waals surface area contributed by atoms with Crippen molar-refractivity contribution in [2.45, 2.75) is 24.9 Å². The molecule has 106 valence electrons. The Labute approximate surface area is 117 Å². The minimum Gasteiger partial charge on any atom is -0.394 e. The van der Waals surface area contributed by atoms with Gasteiger partial charge in [0.05, 0.1) is 12.6 Å². The van der Waals surface area contributed by atoms with Crippen LogP contribution in [-0.4, -0.2) is 46.1 Å². The van der Waals surface area contributed by atoms with E-state index >= 15 is 0 Å². The molecule has 2 aromatic rings. The van der Waals surface area contributed by atoms with Gasteiger partial charge in [-0.25, -0.2) is 0 Å². The number of likely N-dealkylation sites (tertiary alicyclic amines) is 1. The molecule has 1 amide bonds. The molecule has 0 aliphatic carbocycles. The Hall–Kier alpha value is -1.85. The summed E-state index contributed by atoms with van der Waals surface area (Å²) in [4.78, 5) is 16.8. The first-order chi connectivity index (χ1) is 9.69. The number of hydrogen-bond donors (Lipinski definition) is 3. The number of nitrogens with zero attached hydrogens (tertiary/aromatic N) is 1. The lowest BCUT2D eigenvalue weighted by Crippen LogP contribution is -2.41. The van der Waals surface area contributed by atoms with Gasteiger partial charge in [0.1, 0.15) is 0 Å². The third-order valence-corrected chi connectivity index (χ3v) is 3.97. The molecule has 20 heavy (non-hydrogen) atoms. The van der Waals surface area contributed by atoms with E-state index in [0.717, 1.165) is 16.5 Å². The van der Waals surface area contributed by atoms with Crippen LogP contribution in [0.15, 0.2) is 30.5 Å². The Bertz CT molecular complexity index is 622. The SMILES string of the molecule is NC1CC(=O)N(C(CO)Cc2c[nH]c3ccccc23)C1. The molecule has 5 nitrogen and oxygen atoms in total. The van der Waals surface area contributed by atoms with Gasteiger partial charge < -0.3 is 20.7 Å². The number of fused-ring (bicyclic) bond motifs is 1. The topological polar surface area (TPSA) is 82.3 Å². The molecule has 2 atom stereocenters. The zero-order valence-electron chi connectivity index (χ0n) is 11.2. The standard InChI is InChI=1S/C15H19N3O2/c16-11-6-15(20)18(8-11)12(9-19)5-10-7-17-14-4-2-1-3-13(10)14/h1-4,7,11-12,17,19H,5-6,8-9,16H2. The van der Waals surface area contributed by atoms with Crippen LogP contribution >= 0.6 is 0 Å². The predicted molar refractivity (Wildman–Crippen MR) is 77.2 cm³/mol. The van der Waals surface area contributed by atoms with E-state index < -0.39 is 0 Å².